The van der Waals surface area contributed by atoms with Crippen molar-refractivity contribution in [1.29, 1.82) is 0 Å². The maximum Gasteiger partial charge on any atom is 0.397 e. The van der Waals surface area contributed by atoms with E-state index in [1.807, 2.05) is 0 Å². The average Bonchev–Trinajstić information content (AvgIpc) is 2.89. The second kappa shape index (κ2) is 5.57. The van der Waals surface area contributed by atoms with Crippen LogP contribution in [-0.4, -0.2) is 30.6 Å². The number of cyclic esters (lactones) is 1. The summed E-state index contributed by atoms with van der Waals surface area (Å²) in [6.45, 7) is 8.80. The Morgan fingerprint density at radius 3 is 2.31 bits per heavy atom. The summed E-state index contributed by atoms with van der Waals surface area (Å²) in [5.41, 5.74) is -0.115. The molecule has 0 radical (unpaired) electrons. The number of ether oxygens (including phenoxy) is 1. The van der Waals surface area contributed by atoms with Gasteiger partial charge < -0.3 is 4.74 Å². The summed E-state index contributed by atoms with van der Waals surface area (Å²) in [6.07, 6.45) is 8.09. The highest BCUT2D eigenvalue weighted by Gasteiger charge is 2.84. The smallest absolute Gasteiger partial charge is 0.397 e. The van der Waals surface area contributed by atoms with E-state index in [0.717, 1.165) is 32.1 Å². The highest BCUT2D eigenvalue weighted by Crippen LogP contribution is 2.88. The summed E-state index contributed by atoms with van der Waals surface area (Å²) in [7, 11) is -4.46. The van der Waals surface area contributed by atoms with Gasteiger partial charge in [0.1, 0.15) is 5.60 Å². The molecule has 0 aromatic carbocycles. The molecular formula is C22H34O6S. The molecule has 7 heteroatoms. The number of esters is 1. The lowest BCUT2D eigenvalue weighted by molar-refractivity contribution is -0.161. The topological polar surface area (TPSA) is 89.9 Å². The molecule has 6 unspecified atom stereocenters. The summed E-state index contributed by atoms with van der Waals surface area (Å²) >= 11 is 0. The van der Waals surface area contributed by atoms with E-state index in [1.165, 1.54) is 12.8 Å². The number of carbonyl (C=O) groups excluding carboxylic acids is 1. The van der Waals surface area contributed by atoms with Crippen LogP contribution in [0.15, 0.2) is 0 Å². The molecular weight excluding hydrogens is 392 g/mol. The fraction of sp³-hybridized carbons (Fsp3) is 0.955. The largest absolute Gasteiger partial charge is 0.459 e. The first-order valence-electron chi connectivity index (χ1n) is 11.2. The number of fused-ring (bicyclic) bond motifs is 2. The predicted molar refractivity (Wildman–Crippen MR) is 106 cm³/mol. The van der Waals surface area contributed by atoms with Crippen molar-refractivity contribution in [2.75, 3.05) is 0 Å². The highest BCUT2D eigenvalue weighted by molar-refractivity contribution is 7.80. The van der Waals surface area contributed by atoms with Crippen molar-refractivity contribution >= 4 is 16.4 Å². The van der Waals surface area contributed by atoms with E-state index >= 15 is 0 Å². The van der Waals surface area contributed by atoms with Gasteiger partial charge >= 0.3 is 16.4 Å². The quantitative estimate of drug-likeness (QED) is 0.535. The molecule has 1 aliphatic heterocycles. The molecule has 7 atom stereocenters. The fourth-order valence-corrected chi connectivity index (χ4v) is 9.97. The molecule has 0 bridgehead atoms. The van der Waals surface area contributed by atoms with Crippen LogP contribution in [0, 0.1) is 33.5 Å². The molecule has 4 aliphatic carbocycles. The van der Waals surface area contributed by atoms with E-state index in [2.05, 4.69) is 27.7 Å². The SMILES string of the molecule is CC1(C)C(OS(=O)(=O)O)CCC2(C)C1CCC13C[C@@]1(C1(C)CCC(=O)O1)CCC23. The van der Waals surface area contributed by atoms with E-state index < -0.39 is 16.5 Å². The van der Waals surface area contributed by atoms with Gasteiger partial charge in [-0.3, -0.25) is 9.35 Å². The molecule has 1 saturated heterocycles. The Morgan fingerprint density at radius 2 is 1.69 bits per heavy atom. The monoisotopic (exact) mass is 426 g/mol. The Balaban J connectivity index is 1.46. The van der Waals surface area contributed by atoms with Gasteiger partial charge in [-0.15, -0.1) is 0 Å². The van der Waals surface area contributed by atoms with Gasteiger partial charge in [-0.25, -0.2) is 4.18 Å². The number of hydrogen-bond acceptors (Lipinski definition) is 5. The average molecular weight is 427 g/mol. The summed E-state index contributed by atoms with van der Waals surface area (Å²) < 4.78 is 43.2. The molecule has 0 aromatic heterocycles. The molecule has 0 amide bonds. The minimum Gasteiger partial charge on any atom is -0.459 e. The lowest BCUT2D eigenvalue weighted by Gasteiger charge is -2.61. The Kier molecular flexibility index (Phi) is 3.89. The zero-order valence-electron chi connectivity index (χ0n) is 18.0. The van der Waals surface area contributed by atoms with Gasteiger partial charge in [0.2, 0.25) is 0 Å². The second-order valence-electron chi connectivity index (χ2n) is 11.7. The van der Waals surface area contributed by atoms with Gasteiger partial charge in [0.25, 0.3) is 0 Å². The van der Waals surface area contributed by atoms with Crippen LogP contribution < -0.4 is 0 Å². The van der Waals surface area contributed by atoms with Gasteiger partial charge in [-0.05, 0) is 86.4 Å². The minimum absolute atomic E-state index is 0.0451. The van der Waals surface area contributed by atoms with E-state index in [-0.39, 0.29) is 33.2 Å². The molecule has 1 heterocycles. The van der Waals surface area contributed by atoms with Crippen LogP contribution in [0.5, 0.6) is 0 Å². The zero-order chi connectivity index (χ0) is 21.1. The summed E-state index contributed by atoms with van der Waals surface area (Å²) in [6, 6.07) is 0. The molecule has 5 fully saturated rings. The maximum absolute atomic E-state index is 12.0. The van der Waals surface area contributed by atoms with E-state index in [4.69, 9.17) is 8.92 Å². The van der Waals surface area contributed by atoms with Gasteiger partial charge in [0, 0.05) is 11.8 Å². The maximum atomic E-state index is 12.0. The number of rotatable bonds is 3. The molecule has 29 heavy (non-hydrogen) atoms. The third-order valence-corrected chi connectivity index (χ3v) is 11.0. The first kappa shape index (κ1) is 20.3. The molecule has 0 aromatic rings. The zero-order valence-corrected chi connectivity index (χ0v) is 18.8. The van der Waals surface area contributed by atoms with E-state index in [1.54, 1.807) is 0 Å². The third-order valence-electron chi connectivity index (χ3n) is 10.5. The van der Waals surface area contributed by atoms with Crippen molar-refractivity contribution in [1.82, 2.24) is 0 Å². The van der Waals surface area contributed by atoms with Crippen molar-refractivity contribution in [3.63, 3.8) is 0 Å². The Hall–Kier alpha value is -0.660. The Labute approximate surface area is 174 Å². The molecule has 5 aliphatic rings. The number of carbonyl (C=O) groups is 1. The first-order valence-corrected chi connectivity index (χ1v) is 12.5. The van der Waals surface area contributed by atoms with Crippen molar-refractivity contribution in [2.45, 2.75) is 97.2 Å². The lowest BCUT2D eigenvalue weighted by Crippen LogP contribution is -2.57. The third kappa shape index (κ3) is 2.41. The van der Waals surface area contributed by atoms with Crippen molar-refractivity contribution in [3.8, 4) is 0 Å². The first-order chi connectivity index (χ1) is 13.3. The fourth-order valence-electron chi connectivity index (χ4n) is 9.33. The van der Waals surface area contributed by atoms with Crippen LogP contribution in [0.1, 0.15) is 85.5 Å². The van der Waals surface area contributed by atoms with Gasteiger partial charge in [0.15, 0.2) is 0 Å². The van der Waals surface area contributed by atoms with Crippen LogP contribution in [0.3, 0.4) is 0 Å². The van der Waals surface area contributed by atoms with Crippen LogP contribution in [0.4, 0.5) is 0 Å². The summed E-state index contributed by atoms with van der Waals surface area (Å²) in [5.74, 6) is 0.883. The van der Waals surface area contributed by atoms with Gasteiger partial charge in [0.05, 0.1) is 6.10 Å². The van der Waals surface area contributed by atoms with E-state index in [9.17, 15) is 17.8 Å². The summed E-state index contributed by atoms with van der Waals surface area (Å²) in [4.78, 5) is 12.0. The van der Waals surface area contributed by atoms with Crippen LogP contribution in [-0.2, 0) is 24.1 Å². The van der Waals surface area contributed by atoms with E-state index in [0.29, 0.717) is 24.7 Å². The van der Waals surface area contributed by atoms with Crippen molar-refractivity contribution < 1.29 is 26.7 Å². The predicted octanol–water partition coefficient (Wildman–Crippen LogP) is 4.29. The van der Waals surface area contributed by atoms with Gasteiger partial charge in [-0.1, -0.05) is 20.8 Å². The molecule has 6 nitrogen and oxygen atoms in total. The normalized spacial score (nSPS) is 53.0. The van der Waals surface area contributed by atoms with Crippen molar-refractivity contribution in [3.05, 3.63) is 0 Å². The molecule has 5 rings (SSSR count). The highest BCUT2D eigenvalue weighted by atomic mass is 32.3. The summed E-state index contributed by atoms with van der Waals surface area (Å²) in [5, 5.41) is 0. The van der Waals surface area contributed by atoms with Crippen LogP contribution in [0.2, 0.25) is 0 Å². The van der Waals surface area contributed by atoms with Gasteiger partial charge in [-0.2, -0.15) is 8.42 Å². The number of hydrogen-bond donors (Lipinski definition) is 1. The minimum atomic E-state index is -4.46. The Bertz CT molecular complexity index is 867. The second-order valence-corrected chi connectivity index (χ2v) is 12.7. The van der Waals surface area contributed by atoms with Crippen LogP contribution >= 0.6 is 0 Å². The standard InChI is InChI=1S/C22H34O6S/c1-18(2)14-5-11-21-13-22(21,20(4)10-8-17(23)27-20)12-6-15(21)19(14,3)9-7-16(18)28-29(24,25)26/h14-16H,5-13H2,1-4H3,(H,24,25,26)/t14?,15?,16?,19?,20?,21?,22-/m1/s1. The molecule has 4 saturated carbocycles. The molecule has 1 spiro atoms. The lowest BCUT2D eigenvalue weighted by atomic mass is 9.45. The molecule has 164 valence electrons. The van der Waals surface area contributed by atoms with Crippen LogP contribution in [0.25, 0.3) is 0 Å². The molecule has 1 N–H and O–H groups in total. The van der Waals surface area contributed by atoms with Crippen molar-refractivity contribution in [2.24, 2.45) is 33.5 Å². The Morgan fingerprint density at radius 1 is 1.00 bits per heavy atom.